The molecular weight excluding hydrogens is 228 g/mol. The standard InChI is InChI=1S/C13H26N4O/c1-13(2,3)11(18)10(14)8-5-4-6-9(7-8)17-12(15)16/h8-10H,4-7,14H2,1-3H3,(H4,15,16,17). The summed E-state index contributed by atoms with van der Waals surface area (Å²) in [5.74, 6) is 0.315. The molecule has 1 saturated carbocycles. The monoisotopic (exact) mass is 254 g/mol. The van der Waals surface area contributed by atoms with Gasteiger partial charge in [0, 0.05) is 11.5 Å². The average Bonchev–Trinajstić information content (AvgIpc) is 2.25. The molecule has 1 rings (SSSR count). The third-order valence-corrected chi connectivity index (χ3v) is 3.62. The lowest BCUT2D eigenvalue weighted by molar-refractivity contribution is -0.129. The van der Waals surface area contributed by atoms with Crippen LogP contribution in [-0.2, 0) is 4.79 Å². The van der Waals surface area contributed by atoms with E-state index >= 15 is 0 Å². The number of nitrogens with two attached hydrogens (primary N) is 2. The van der Waals surface area contributed by atoms with Crippen LogP contribution in [0.25, 0.3) is 0 Å². The highest BCUT2D eigenvalue weighted by Crippen LogP contribution is 2.29. The van der Waals surface area contributed by atoms with E-state index in [-0.39, 0.29) is 29.1 Å². The van der Waals surface area contributed by atoms with E-state index < -0.39 is 6.04 Å². The Kier molecular flexibility index (Phi) is 4.73. The van der Waals surface area contributed by atoms with Crippen LogP contribution in [0.4, 0.5) is 0 Å². The summed E-state index contributed by atoms with van der Waals surface area (Å²) < 4.78 is 0. The second-order valence-corrected chi connectivity index (χ2v) is 6.32. The predicted molar refractivity (Wildman–Crippen MR) is 73.2 cm³/mol. The van der Waals surface area contributed by atoms with Gasteiger partial charge in [0.2, 0.25) is 0 Å². The Hall–Kier alpha value is -1.10. The molecule has 0 spiro atoms. The summed E-state index contributed by atoms with van der Waals surface area (Å²) in [5.41, 5.74) is 11.1. The van der Waals surface area contributed by atoms with E-state index in [2.05, 4.69) is 5.32 Å². The number of carbonyl (C=O) groups excluding carboxylic acids is 1. The highest BCUT2D eigenvalue weighted by Gasteiger charge is 2.35. The molecule has 0 aromatic carbocycles. The molecule has 3 unspecified atom stereocenters. The second kappa shape index (κ2) is 5.69. The van der Waals surface area contributed by atoms with Crippen molar-refractivity contribution in [3.63, 3.8) is 0 Å². The van der Waals surface area contributed by atoms with Crippen molar-refractivity contribution in [3.8, 4) is 0 Å². The molecule has 0 heterocycles. The zero-order valence-electron chi connectivity index (χ0n) is 11.6. The lowest BCUT2D eigenvalue weighted by Crippen LogP contribution is -2.49. The van der Waals surface area contributed by atoms with E-state index in [1.54, 1.807) is 0 Å². The average molecular weight is 254 g/mol. The number of rotatable bonds is 3. The van der Waals surface area contributed by atoms with Gasteiger partial charge >= 0.3 is 0 Å². The van der Waals surface area contributed by atoms with Crippen LogP contribution in [0, 0.1) is 16.7 Å². The fourth-order valence-electron chi connectivity index (χ4n) is 2.62. The maximum atomic E-state index is 12.2. The molecule has 5 nitrogen and oxygen atoms in total. The van der Waals surface area contributed by atoms with Crippen LogP contribution in [0.5, 0.6) is 0 Å². The molecule has 0 aliphatic heterocycles. The minimum atomic E-state index is -0.401. The van der Waals surface area contributed by atoms with E-state index in [1.807, 2.05) is 20.8 Å². The normalized spacial score (nSPS) is 26.4. The Labute approximate surface area is 109 Å². The van der Waals surface area contributed by atoms with E-state index in [9.17, 15) is 4.79 Å². The summed E-state index contributed by atoms with van der Waals surface area (Å²) in [6.45, 7) is 5.72. The molecule has 6 N–H and O–H groups in total. The molecule has 5 heteroatoms. The van der Waals surface area contributed by atoms with Gasteiger partial charge in [-0.25, -0.2) is 0 Å². The van der Waals surface area contributed by atoms with Gasteiger partial charge in [0.25, 0.3) is 0 Å². The van der Waals surface area contributed by atoms with Crippen LogP contribution in [-0.4, -0.2) is 23.8 Å². The summed E-state index contributed by atoms with van der Waals surface area (Å²) in [5, 5.41) is 10.2. The first-order valence-electron chi connectivity index (χ1n) is 6.62. The number of carbonyl (C=O) groups is 1. The van der Waals surface area contributed by atoms with Gasteiger partial charge in [-0.05, 0) is 25.2 Å². The summed E-state index contributed by atoms with van der Waals surface area (Å²) in [6.07, 6.45) is 3.83. The van der Waals surface area contributed by atoms with Gasteiger partial charge in [0.05, 0.1) is 6.04 Å². The van der Waals surface area contributed by atoms with Crippen molar-refractivity contribution < 1.29 is 4.79 Å². The van der Waals surface area contributed by atoms with Crippen LogP contribution < -0.4 is 16.8 Å². The summed E-state index contributed by atoms with van der Waals surface area (Å²) in [4.78, 5) is 12.2. The van der Waals surface area contributed by atoms with Crippen molar-refractivity contribution >= 4 is 11.7 Å². The molecule has 0 radical (unpaired) electrons. The minimum Gasteiger partial charge on any atom is -0.370 e. The van der Waals surface area contributed by atoms with Crippen molar-refractivity contribution in [3.05, 3.63) is 0 Å². The molecule has 0 aromatic heterocycles. The van der Waals surface area contributed by atoms with Gasteiger partial charge in [-0.15, -0.1) is 0 Å². The first kappa shape index (κ1) is 15.0. The maximum Gasteiger partial charge on any atom is 0.185 e. The van der Waals surface area contributed by atoms with E-state index in [4.69, 9.17) is 16.9 Å². The van der Waals surface area contributed by atoms with Gasteiger partial charge in [-0.2, -0.15) is 0 Å². The number of hydrogen-bond acceptors (Lipinski definition) is 3. The Balaban J connectivity index is 2.61. The molecule has 3 atom stereocenters. The molecule has 0 saturated heterocycles. The molecule has 1 aliphatic carbocycles. The van der Waals surface area contributed by atoms with Crippen LogP contribution in [0.1, 0.15) is 46.5 Å². The van der Waals surface area contributed by atoms with Crippen molar-refractivity contribution in [1.29, 1.82) is 5.41 Å². The maximum absolute atomic E-state index is 12.2. The molecule has 0 bridgehead atoms. The smallest absolute Gasteiger partial charge is 0.185 e. The second-order valence-electron chi connectivity index (χ2n) is 6.32. The molecular formula is C13H26N4O. The third kappa shape index (κ3) is 3.98. The summed E-state index contributed by atoms with van der Waals surface area (Å²) in [6, 6.07) is -0.221. The van der Waals surface area contributed by atoms with Crippen molar-refractivity contribution in [1.82, 2.24) is 5.32 Å². The fraction of sp³-hybridized carbons (Fsp3) is 0.846. The van der Waals surface area contributed by atoms with Gasteiger partial charge in [-0.3, -0.25) is 10.2 Å². The van der Waals surface area contributed by atoms with Crippen LogP contribution >= 0.6 is 0 Å². The first-order valence-corrected chi connectivity index (χ1v) is 6.62. The van der Waals surface area contributed by atoms with Gasteiger partial charge in [-0.1, -0.05) is 27.2 Å². The number of guanidine groups is 1. The van der Waals surface area contributed by atoms with Gasteiger partial charge < -0.3 is 16.8 Å². The molecule has 104 valence electrons. The lowest BCUT2D eigenvalue weighted by Gasteiger charge is -2.34. The number of hydrogen-bond donors (Lipinski definition) is 4. The molecule has 0 amide bonds. The Morgan fingerprint density at radius 2 is 2.00 bits per heavy atom. The zero-order valence-corrected chi connectivity index (χ0v) is 11.6. The quantitative estimate of drug-likeness (QED) is 0.445. The van der Waals surface area contributed by atoms with E-state index in [0.717, 1.165) is 25.7 Å². The topological polar surface area (TPSA) is 105 Å². The van der Waals surface area contributed by atoms with Crippen molar-refractivity contribution in [2.24, 2.45) is 22.8 Å². The molecule has 1 fully saturated rings. The number of nitrogens with one attached hydrogen (secondary N) is 2. The number of Topliss-reactive ketones (excluding diaryl/α,β-unsaturated/α-hetero) is 1. The Morgan fingerprint density at radius 1 is 1.39 bits per heavy atom. The van der Waals surface area contributed by atoms with Crippen molar-refractivity contribution in [2.75, 3.05) is 0 Å². The highest BCUT2D eigenvalue weighted by molar-refractivity contribution is 5.88. The van der Waals surface area contributed by atoms with E-state index in [1.165, 1.54) is 0 Å². The Morgan fingerprint density at radius 3 is 2.50 bits per heavy atom. The number of ketones is 1. The zero-order chi connectivity index (χ0) is 13.9. The molecule has 1 aliphatic rings. The SMILES string of the molecule is CC(C)(C)C(=O)C(N)C1CCCC(NC(=N)N)C1. The van der Waals surface area contributed by atoms with Crippen LogP contribution in [0.3, 0.4) is 0 Å². The fourth-order valence-corrected chi connectivity index (χ4v) is 2.62. The predicted octanol–water partition coefficient (Wildman–Crippen LogP) is 0.971. The third-order valence-electron chi connectivity index (χ3n) is 3.62. The Bertz CT molecular complexity index is 321. The summed E-state index contributed by atoms with van der Waals surface area (Å²) in [7, 11) is 0. The van der Waals surface area contributed by atoms with Gasteiger partial charge in [0.15, 0.2) is 11.7 Å². The summed E-state index contributed by atoms with van der Waals surface area (Å²) >= 11 is 0. The van der Waals surface area contributed by atoms with Crippen LogP contribution in [0.15, 0.2) is 0 Å². The minimum absolute atomic E-state index is 0.00336. The largest absolute Gasteiger partial charge is 0.370 e. The first-order chi connectivity index (χ1) is 8.21. The van der Waals surface area contributed by atoms with Gasteiger partial charge in [0.1, 0.15) is 0 Å². The highest BCUT2D eigenvalue weighted by atomic mass is 16.1. The molecule has 18 heavy (non-hydrogen) atoms. The molecule has 0 aromatic rings. The van der Waals surface area contributed by atoms with Crippen molar-refractivity contribution in [2.45, 2.75) is 58.5 Å². The van der Waals surface area contributed by atoms with E-state index in [0.29, 0.717) is 0 Å². The lowest BCUT2D eigenvalue weighted by atomic mass is 9.75. The van der Waals surface area contributed by atoms with Crippen LogP contribution in [0.2, 0.25) is 0 Å².